The number of pyridine rings is 2. The Bertz CT molecular complexity index is 1430. The molecule has 4 aromatic rings. The molecule has 0 aliphatic heterocycles. The minimum atomic E-state index is -0.770. The second-order valence-corrected chi connectivity index (χ2v) is 7.31. The molecule has 3 heterocycles. The molecule has 0 saturated carbocycles. The van der Waals surface area contributed by atoms with Crippen LogP contribution in [-0.2, 0) is 6.54 Å². The molecule has 0 spiro atoms. The third kappa shape index (κ3) is 3.44. The molecule has 0 bridgehead atoms. The molecule has 0 radical (unpaired) electrons. The molecule has 9 heteroatoms. The Hall–Kier alpha value is -4.58. The van der Waals surface area contributed by atoms with Gasteiger partial charge in [0.1, 0.15) is 11.8 Å². The summed E-state index contributed by atoms with van der Waals surface area (Å²) in [5.74, 6) is -1.46. The lowest BCUT2D eigenvalue weighted by Crippen LogP contribution is -2.21. The zero-order valence-electron chi connectivity index (χ0n) is 17.5. The standard InChI is InChI=1S/C23H19N7O2/c1-12-18(13(2)30(29-12)11-15-8-7-14(9-24)10-27-15)20-19(22(25)31)16-5-3-4-6-17(16)28-21(20)23(26)32/h3-8,10H,11H2,1-2H3,(H2,25,31)(H2,26,32). The Kier molecular flexibility index (Phi) is 5.12. The molecule has 0 fully saturated rings. The van der Waals surface area contributed by atoms with Crippen molar-refractivity contribution in [3.63, 3.8) is 0 Å². The summed E-state index contributed by atoms with van der Waals surface area (Å²) in [7, 11) is 0. The Morgan fingerprint density at radius 2 is 1.81 bits per heavy atom. The summed E-state index contributed by atoms with van der Waals surface area (Å²) in [5, 5.41) is 14.1. The number of hydrogen-bond donors (Lipinski definition) is 2. The summed E-state index contributed by atoms with van der Waals surface area (Å²) in [6.45, 7) is 3.93. The molecule has 0 saturated heterocycles. The average Bonchev–Trinajstić information content (AvgIpc) is 3.05. The highest BCUT2D eigenvalue weighted by atomic mass is 16.1. The summed E-state index contributed by atoms with van der Waals surface area (Å²) in [5.41, 5.74) is 15.3. The van der Waals surface area contributed by atoms with Crippen LogP contribution >= 0.6 is 0 Å². The van der Waals surface area contributed by atoms with E-state index < -0.39 is 11.8 Å². The molecular formula is C23H19N7O2. The van der Waals surface area contributed by atoms with Crippen LogP contribution in [0.25, 0.3) is 22.0 Å². The minimum absolute atomic E-state index is 0.0419. The Labute approximate surface area is 183 Å². The number of fused-ring (bicyclic) bond motifs is 1. The molecule has 0 aliphatic rings. The zero-order valence-corrected chi connectivity index (χ0v) is 17.5. The Morgan fingerprint density at radius 1 is 1.06 bits per heavy atom. The van der Waals surface area contributed by atoms with E-state index in [4.69, 9.17) is 16.7 Å². The van der Waals surface area contributed by atoms with Crippen molar-refractivity contribution in [3.8, 4) is 17.2 Å². The highest BCUT2D eigenvalue weighted by Gasteiger charge is 2.27. The van der Waals surface area contributed by atoms with Crippen molar-refractivity contribution in [2.75, 3.05) is 0 Å². The predicted octanol–water partition coefficient (Wildman–Crippen LogP) is 2.23. The summed E-state index contributed by atoms with van der Waals surface area (Å²) >= 11 is 0. The smallest absolute Gasteiger partial charge is 0.267 e. The average molecular weight is 425 g/mol. The largest absolute Gasteiger partial charge is 0.366 e. The second-order valence-electron chi connectivity index (χ2n) is 7.31. The van der Waals surface area contributed by atoms with E-state index in [1.54, 1.807) is 48.0 Å². The number of nitriles is 1. The van der Waals surface area contributed by atoms with Gasteiger partial charge in [0, 0.05) is 28.4 Å². The number of amides is 2. The quantitative estimate of drug-likeness (QED) is 0.500. The fourth-order valence-corrected chi connectivity index (χ4v) is 3.84. The maximum Gasteiger partial charge on any atom is 0.267 e. The Balaban J connectivity index is 1.95. The van der Waals surface area contributed by atoms with E-state index in [2.05, 4.69) is 15.1 Å². The SMILES string of the molecule is Cc1nn(Cc2ccc(C#N)cn2)c(C)c1-c1c(C(N)=O)nc2ccccc2c1C(N)=O. The van der Waals surface area contributed by atoms with Gasteiger partial charge in [-0.2, -0.15) is 10.4 Å². The molecule has 9 nitrogen and oxygen atoms in total. The van der Waals surface area contributed by atoms with Crippen LogP contribution in [0.2, 0.25) is 0 Å². The third-order valence-electron chi connectivity index (χ3n) is 5.27. The van der Waals surface area contributed by atoms with Gasteiger partial charge in [-0.3, -0.25) is 19.3 Å². The van der Waals surface area contributed by atoms with Crippen LogP contribution in [0.3, 0.4) is 0 Å². The molecule has 0 aliphatic carbocycles. The molecule has 0 atom stereocenters. The zero-order chi connectivity index (χ0) is 23.0. The molecular weight excluding hydrogens is 406 g/mol. The van der Waals surface area contributed by atoms with E-state index in [1.165, 1.54) is 6.20 Å². The number of nitrogens with two attached hydrogens (primary N) is 2. The van der Waals surface area contributed by atoms with Gasteiger partial charge in [-0.25, -0.2) is 4.98 Å². The number of nitrogens with zero attached hydrogens (tertiary/aromatic N) is 5. The van der Waals surface area contributed by atoms with Gasteiger partial charge < -0.3 is 11.5 Å². The van der Waals surface area contributed by atoms with Crippen LogP contribution in [-0.4, -0.2) is 31.6 Å². The van der Waals surface area contributed by atoms with E-state index in [1.807, 2.05) is 13.0 Å². The lowest BCUT2D eigenvalue weighted by atomic mass is 9.92. The van der Waals surface area contributed by atoms with Crippen molar-refractivity contribution < 1.29 is 9.59 Å². The third-order valence-corrected chi connectivity index (χ3v) is 5.27. The number of aromatic nitrogens is 4. The maximum absolute atomic E-state index is 12.5. The number of carbonyl (C=O) groups is 2. The van der Waals surface area contributed by atoms with Crippen LogP contribution in [0, 0.1) is 25.2 Å². The van der Waals surface area contributed by atoms with Crippen LogP contribution in [0.1, 0.15) is 43.5 Å². The first kappa shape index (κ1) is 20.7. The predicted molar refractivity (Wildman–Crippen MR) is 118 cm³/mol. The van der Waals surface area contributed by atoms with Gasteiger partial charge in [0.15, 0.2) is 0 Å². The van der Waals surface area contributed by atoms with E-state index in [-0.39, 0.29) is 16.8 Å². The van der Waals surface area contributed by atoms with Crippen LogP contribution in [0.4, 0.5) is 0 Å². The van der Waals surface area contributed by atoms with Crippen LogP contribution in [0.5, 0.6) is 0 Å². The first-order valence-electron chi connectivity index (χ1n) is 9.73. The second kappa shape index (κ2) is 7.92. The van der Waals surface area contributed by atoms with Gasteiger partial charge in [-0.05, 0) is 32.0 Å². The van der Waals surface area contributed by atoms with E-state index >= 15 is 0 Å². The van der Waals surface area contributed by atoms with Crippen molar-refractivity contribution in [2.45, 2.75) is 20.4 Å². The molecule has 158 valence electrons. The molecule has 4 N–H and O–H groups in total. The monoisotopic (exact) mass is 425 g/mol. The number of primary amides is 2. The molecule has 0 unspecified atom stereocenters. The van der Waals surface area contributed by atoms with Crippen LogP contribution < -0.4 is 11.5 Å². The van der Waals surface area contributed by atoms with E-state index in [0.717, 1.165) is 0 Å². The van der Waals surface area contributed by atoms with Gasteiger partial charge in [0.25, 0.3) is 5.91 Å². The lowest BCUT2D eigenvalue weighted by Gasteiger charge is -2.14. The topological polar surface area (TPSA) is 154 Å². The molecule has 4 rings (SSSR count). The fraction of sp³-hybridized carbons (Fsp3) is 0.130. The Morgan fingerprint density at radius 3 is 2.44 bits per heavy atom. The first-order valence-corrected chi connectivity index (χ1v) is 9.73. The summed E-state index contributed by atoms with van der Waals surface area (Å²) in [4.78, 5) is 33.6. The van der Waals surface area contributed by atoms with Crippen molar-refractivity contribution in [1.82, 2.24) is 19.7 Å². The number of aryl methyl sites for hydroxylation is 1. The van der Waals surface area contributed by atoms with E-state index in [0.29, 0.717) is 45.7 Å². The first-order chi connectivity index (χ1) is 15.3. The number of benzene rings is 1. The molecule has 2 amide bonds. The summed E-state index contributed by atoms with van der Waals surface area (Å²) in [6.07, 6.45) is 1.49. The molecule has 3 aromatic heterocycles. The number of hydrogen-bond acceptors (Lipinski definition) is 6. The van der Waals surface area contributed by atoms with Crippen LogP contribution in [0.15, 0.2) is 42.6 Å². The highest BCUT2D eigenvalue weighted by Crippen LogP contribution is 2.36. The van der Waals surface area contributed by atoms with Gasteiger partial charge >= 0.3 is 0 Å². The van der Waals surface area contributed by atoms with Crippen molar-refractivity contribution in [1.29, 1.82) is 5.26 Å². The van der Waals surface area contributed by atoms with Crippen molar-refractivity contribution >= 4 is 22.7 Å². The summed E-state index contributed by atoms with van der Waals surface area (Å²) < 4.78 is 1.71. The van der Waals surface area contributed by atoms with E-state index in [9.17, 15) is 9.59 Å². The highest BCUT2D eigenvalue weighted by molar-refractivity contribution is 6.15. The fourth-order valence-electron chi connectivity index (χ4n) is 3.84. The number of rotatable bonds is 5. The van der Waals surface area contributed by atoms with Gasteiger partial charge in [0.2, 0.25) is 5.91 Å². The number of para-hydroxylation sites is 1. The molecule has 32 heavy (non-hydrogen) atoms. The van der Waals surface area contributed by atoms with Gasteiger partial charge in [-0.15, -0.1) is 0 Å². The normalized spacial score (nSPS) is 10.8. The van der Waals surface area contributed by atoms with Crippen molar-refractivity contribution in [2.24, 2.45) is 11.5 Å². The number of carbonyl (C=O) groups excluding carboxylic acids is 2. The lowest BCUT2D eigenvalue weighted by molar-refractivity contribution is 0.0996. The van der Waals surface area contributed by atoms with Crippen molar-refractivity contribution in [3.05, 3.63) is 76.5 Å². The molecule has 1 aromatic carbocycles. The maximum atomic E-state index is 12.5. The minimum Gasteiger partial charge on any atom is -0.366 e. The van der Waals surface area contributed by atoms with Gasteiger partial charge in [0.05, 0.1) is 34.6 Å². The summed E-state index contributed by atoms with van der Waals surface area (Å²) in [6, 6.07) is 12.4. The van der Waals surface area contributed by atoms with Gasteiger partial charge in [-0.1, -0.05) is 18.2 Å².